The molecule has 5 heteroatoms. The van der Waals surface area contributed by atoms with E-state index in [1.54, 1.807) is 6.26 Å². The maximum atomic E-state index is 12.7. The number of carbonyl (C=O) groups is 1. The summed E-state index contributed by atoms with van der Waals surface area (Å²) in [4.78, 5) is 12.7. The molecule has 2 aliphatic carbocycles. The van der Waals surface area contributed by atoms with Crippen LogP contribution in [0.4, 0.5) is 0 Å². The Kier molecular flexibility index (Phi) is 2.97. The van der Waals surface area contributed by atoms with Crippen LogP contribution in [-0.4, -0.2) is 41.1 Å². The first-order valence-electron chi connectivity index (χ1n) is 9.66. The molecule has 138 valence electrons. The lowest BCUT2D eigenvalue weighted by atomic mass is 9.44. The van der Waals surface area contributed by atoms with Gasteiger partial charge in [0.15, 0.2) is 0 Å². The van der Waals surface area contributed by atoms with E-state index in [1.165, 1.54) is 0 Å². The summed E-state index contributed by atoms with van der Waals surface area (Å²) in [6, 6.07) is 0. The summed E-state index contributed by atoms with van der Waals surface area (Å²) in [5.74, 6) is 0.344. The van der Waals surface area contributed by atoms with E-state index in [0.717, 1.165) is 25.7 Å². The second kappa shape index (κ2) is 4.61. The number of esters is 1. The Labute approximate surface area is 148 Å². The van der Waals surface area contributed by atoms with Gasteiger partial charge in [0.25, 0.3) is 0 Å². The average molecular weight is 348 g/mol. The lowest BCUT2D eigenvalue weighted by molar-refractivity contribution is -0.247. The summed E-state index contributed by atoms with van der Waals surface area (Å²) in [5, 5.41) is 10.9. The zero-order valence-corrected chi connectivity index (χ0v) is 15.3. The zero-order valence-electron chi connectivity index (χ0n) is 15.3. The van der Waals surface area contributed by atoms with E-state index in [4.69, 9.17) is 14.2 Å². The molecule has 0 aromatic carbocycles. The van der Waals surface area contributed by atoms with Crippen LogP contribution in [0.5, 0.6) is 0 Å². The molecule has 25 heavy (non-hydrogen) atoms. The summed E-state index contributed by atoms with van der Waals surface area (Å²) < 4.78 is 18.1. The molecule has 1 N–H and O–H groups in total. The van der Waals surface area contributed by atoms with E-state index in [9.17, 15) is 9.90 Å². The van der Waals surface area contributed by atoms with Crippen LogP contribution < -0.4 is 0 Å². The minimum Gasteiger partial charge on any atom is -0.498 e. The molecule has 0 amide bonds. The number of ether oxygens (including phenoxy) is 3. The fourth-order valence-electron chi connectivity index (χ4n) is 7.21. The summed E-state index contributed by atoms with van der Waals surface area (Å²) in [6.45, 7) is 6.94. The standard InChI is InChI=1S/C20H28O5/c1-12-9-13-15-17(2,16(22)24-13)5-4-6-18(15,3)20(12)10-14(21)19(25-20)7-8-23-11-19/h7-8,12-15,21H,4-6,9-11H2,1-3H3/t12-,13-,14-,15+,17+,18+,19+,20-/m1/s1. The van der Waals surface area contributed by atoms with E-state index in [0.29, 0.717) is 13.0 Å². The molecule has 2 spiro atoms. The highest BCUT2D eigenvalue weighted by molar-refractivity contribution is 5.80. The van der Waals surface area contributed by atoms with Gasteiger partial charge in [-0.15, -0.1) is 0 Å². The fourth-order valence-corrected chi connectivity index (χ4v) is 7.21. The van der Waals surface area contributed by atoms with E-state index in [-0.39, 0.29) is 29.3 Å². The number of hydrogen-bond acceptors (Lipinski definition) is 5. The monoisotopic (exact) mass is 348 g/mol. The van der Waals surface area contributed by atoms with Gasteiger partial charge in [0.05, 0.1) is 23.4 Å². The second-order valence-electron chi connectivity index (χ2n) is 9.53. The van der Waals surface area contributed by atoms with E-state index in [2.05, 4.69) is 20.8 Å². The predicted octanol–water partition coefficient (Wildman–Crippen LogP) is 2.57. The fraction of sp³-hybridized carbons (Fsp3) is 0.850. The number of fused-ring (bicyclic) bond motifs is 1. The Balaban J connectivity index is 1.64. The highest BCUT2D eigenvalue weighted by Crippen LogP contribution is 2.70. The third-order valence-electron chi connectivity index (χ3n) is 8.40. The van der Waals surface area contributed by atoms with Gasteiger partial charge in [-0.25, -0.2) is 0 Å². The third kappa shape index (κ3) is 1.65. The molecule has 3 aliphatic heterocycles. The highest BCUT2D eigenvalue weighted by atomic mass is 16.6. The van der Waals surface area contributed by atoms with Gasteiger partial charge in [-0.3, -0.25) is 4.79 Å². The molecule has 2 saturated heterocycles. The molecular formula is C20H28O5. The molecule has 5 aliphatic rings. The molecule has 5 nitrogen and oxygen atoms in total. The first-order valence-corrected chi connectivity index (χ1v) is 9.66. The van der Waals surface area contributed by atoms with Crippen molar-refractivity contribution in [2.45, 2.75) is 76.3 Å². The maximum absolute atomic E-state index is 12.7. The Morgan fingerprint density at radius 2 is 2.08 bits per heavy atom. The van der Waals surface area contributed by atoms with Crippen LogP contribution in [-0.2, 0) is 19.0 Å². The van der Waals surface area contributed by atoms with Crippen molar-refractivity contribution < 1.29 is 24.1 Å². The molecule has 4 fully saturated rings. The smallest absolute Gasteiger partial charge is 0.312 e. The number of aliphatic hydroxyl groups excluding tert-OH is 1. The van der Waals surface area contributed by atoms with Gasteiger partial charge in [0, 0.05) is 17.8 Å². The van der Waals surface area contributed by atoms with Crippen molar-refractivity contribution in [1.82, 2.24) is 0 Å². The van der Waals surface area contributed by atoms with Crippen LogP contribution in [0.3, 0.4) is 0 Å². The first-order chi connectivity index (χ1) is 11.8. The van der Waals surface area contributed by atoms with E-state index >= 15 is 0 Å². The molecule has 0 unspecified atom stereocenters. The Bertz CT molecular complexity index is 660. The normalized spacial score (nSPS) is 59.3. The summed E-state index contributed by atoms with van der Waals surface area (Å²) in [5.41, 5.74) is -1.78. The van der Waals surface area contributed by atoms with E-state index in [1.807, 2.05) is 6.08 Å². The lowest BCUT2D eigenvalue weighted by Crippen LogP contribution is -2.65. The van der Waals surface area contributed by atoms with Crippen molar-refractivity contribution in [1.29, 1.82) is 0 Å². The number of rotatable bonds is 0. The van der Waals surface area contributed by atoms with Gasteiger partial charge in [-0.2, -0.15) is 0 Å². The topological polar surface area (TPSA) is 65.0 Å². The van der Waals surface area contributed by atoms with Crippen molar-refractivity contribution in [3.8, 4) is 0 Å². The number of aliphatic hydroxyl groups is 1. The van der Waals surface area contributed by atoms with Gasteiger partial charge in [-0.05, 0) is 38.2 Å². The molecule has 2 saturated carbocycles. The molecule has 5 rings (SSSR count). The zero-order chi connectivity index (χ0) is 17.7. The van der Waals surface area contributed by atoms with Crippen LogP contribution in [0.1, 0.15) is 52.9 Å². The summed E-state index contributed by atoms with van der Waals surface area (Å²) in [6.07, 6.45) is 7.26. The van der Waals surface area contributed by atoms with E-state index < -0.39 is 22.7 Å². The van der Waals surface area contributed by atoms with Gasteiger partial charge < -0.3 is 19.3 Å². The second-order valence-corrected chi connectivity index (χ2v) is 9.53. The molecule has 0 aromatic heterocycles. The minimum absolute atomic E-state index is 0.0175. The van der Waals surface area contributed by atoms with Crippen LogP contribution in [0, 0.1) is 22.7 Å². The van der Waals surface area contributed by atoms with Crippen molar-refractivity contribution in [3.05, 3.63) is 12.3 Å². The minimum atomic E-state index is -0.735. The Morgan fingerprint density at radius 3 is 2.80 bits per heavy atom. The highest BCUT2D eigenvalue weighted by Gasteiger charge is 2.75. The van der Waals surface area contributed by atoms with Crippen molar-refractivity contribution >= 4 is 5.97 Å². The average Bonchev–Trinajstić information content (AvgIpc) is 3.19. The number of hydrogen-bond donors (Lipinski definition) is 1. The quantitative estimate of drug-likeness (QED) is 0.682. The SMILES string of the molecule is C[C@@H]1C[C@H]2OC(=O)[C@@]3(C)CCC[C@@](C)([C@@H]23)[C@@]12C[C@@H](O)[C@@]1(C=COC1)O2. The van der Waals surface area contributed by atoms with Crippen molar-refractivity contribution in [2.24, 2.45) is 22.7 Å². The van der Waals surface area contributed by atoms with Gasteiger partial charge in [0.2, 0.25) is 0 Å². The molecular weight excluding hydrogens is 320 g/mol. The molecule has 0 radical (unpaired) electrons. The summed E-state index contributed by atoms with van der Waals surface area (Å²) in [7, 11) is 0. The van der Waals surface area contributed by atoms with Crippen molar-refractivity contribution in [2.75, 3.05) is 6.61 Å². The first kappa shape index (κ1) is 16.1. The largest absolute Gasteiger partial charge is 0.498 e. The Morgan fingerprint density at radius 1 is 1.28 bits per heavy atom. The third-order valence-corrected chi connectivity index (χ3v) is 8.40. The van der Waals surface area contributed by atoms with Gasteiger partial charge >= 0.3 is 5.97 Å². The lowest BCUT2D eigenvalue weighted by Gasteiger charge is -2.61. The molecule has 3 heterocycles. The van der Waals surface area contributed by atoms with Crippen LogP contribution in [0.15, 0.2) is 12.3 Å². The molecule has 0 aromatic rings. The predicted molar refractivity (Wildman–Crippen MR) is 89.5 cm³/mol. The number of carbonyl (C=O) groups excluding carboxylic acids is 1. The maximum Gasteiger partial charge on any atom is 0.312 e. The Hall–Kier alpha value is -1.07. The molecule has 8 atom stereocenters. The van der Waals surface area contributed by atoms with Crippen molar-refractivity contribution in [3.63, 3.8) is 0 Å². The van der Waals surface area contributed by atoms with Crippen LogP contribution in [0.2, 0.25) is 0 Å². The summed E-state index contributed by atoms with van der Waals surface area (Å²) >= 11 is 0. The molecule has 0 bridgehead atoms. The van der Waals surface area contributed by atoms with Gasteiger partial charge in [-0.1, -0.05) is 20.3 Å². The van der Waals surface area contributed by atoms with Crippen LogP contribution >= 0.6 is 0 Å². The van der Waals surface area contributed by atoms with Gasteiger partial charge in [0.1, 0.15) is 18.3 Å². The van der Waals surface area contributed by atoms with Crippen LogP contribution in [0.25, 0.3) is 0 Å².